The van der Waals surface area contributed by atoms with E-state index in [9.17, 15) is 8.78 Å². The molecule has 0 aliphatic rings. The van der Waals surface area contributed by atoms with Crippen LogP contribution in [0.4, 0.5) is 8.78 Å². The molecular weight excluding hydrogens is 240 g/mol. The minimum Gasteiger partial charge on any atom is -0.319 e. The molecule has 0 heterocycles. The van der Waals surface area contributed by atoms with E-state index in [0.29, 0.717) is 5.56 Å². The van der Waals surface area contributed by atoms with E-state index in [-0.39, 0.29) is 0 Å². The van der Waals surface area contributed by atoms with Gasteiger partial charge in [-0.05, 0) is 24.1 Å². The van der Waals surface area contributed by atoms with E-state index in [1.807, 2.05) is 6.92 Å². The number of benzene rings is 1. The number of hydrogen-bond donors (Lipinski definition) is 1. The van der Waals surface area contributed by atoms with Gasteiger partial charge in [0.1, 0.15) is 0 Å². The minimum atomic E-state index is -2.51. The molecule has 0 bridgehead atoms. The Morgan fingerprint density at radius 2 is 2.00 bits per heavy atom. The summed E-state index contributed by atoms with van der Waals surface area (Å²) in [4.78, 5) is 0. The summed E-state index contributed by atoms with van der Waals surface area (Å²) in [6, 6.07) is 3.81. The van der Waals surface area contributed by atoms with Gasteiger partial charge in [0.15, 0.2) is 0 Å². The third-order valence-electron chi connectivity index (χ3n) is 1.84. The van der Waals surface area contributed by atoms with Crippen LogP contribution >= 0.6 is 15.9 Å². The van der Waals surface area contributed by atoms with Crippen molar-refractivity contribution in [3.8, 4) is 0 Å². The van der Waals surface area contributed by atoms with Gasteiger partial charge in [-0.2, -0.15) is 0 Å². The van der Waals surface area contributed by atoms with E-state index < -0.39 is 12.5 Å². The van der Waals surface area contributed by atoms with Crippen molar-refractivity contribution in [2.75, 3.05) is 0 Å². The zero-order valence-electron chi connectivity index (χ0n) is 7.10. The molecule has 0 radical (unpaired) electrons. The van der Waals surface area contributed by atoms with Crippen molar-refractivity contribution in [1.82, 2.24) is 0 Å². The lowest BCUT2D eigenvalue weighted by atomic mass is 10.1. The van der Waals surface area contributed by atoms with Crippen LogP contribution < -0.4 is 5.73 Å². The number of halogens is 3. The molecular formula is C9H10BrF2N. The fourth-order valence-electron chi connectivity index (χ4n) is 1.02. The summed E-state index contributed by atoms with van der Waals surface area (Å²) < 4.78 is 25.3. The van der Waals surface area contributed by atoms with Crippen LogP contribution in [0, 0.1) is 6.92 Å². The molecule has 0 aliphatic heterocycles. The molecule has 2 N–H and O–H groups in total. The van der Waals surface area contributed by atoms with Crippen LogP contribution in [-0.2, 0) is 0 Å². The normalized spacial score (nSPS) is 13.4. The van der Waals surface area contributed by atoms with E-state index in [4.69, 9.17) is 5.73 Å². The molecule has 0 fully saturated rings. The molecule has 13 heavy (non-hydrogen) atoms. The van der Waals surface area contributed by atoms with Crippen molar-refractivity contribution >= 4 is 15.9 Å². The van der Waals surface area contributed by atoms with Crippen molar-refractivity contribution in [3.63, 3.8) is 0 Å². The zero-order valence-corrected chi connectivity index (χ0v) is 8.68. The van der Waals surface area contributed by atoms with Gasteiger partial charge in [0.05, 0.1) is 6.04 Å². The molecule has 0 amide bonds. The third-order valence-corrected chi connectivity index (χ3v) is 2.73. The summed E-state index contributed by atoms with van der Waals surface area (Å²) in [5.41, 5.74) is 6.67. The molecule has 1 rings (SSSR count). The summed E-state index contributed by atoms with van der Waals surface area (Å²) in [7, 11) is 0. The van der Waals surface area contributed by atoms with Crippen LogP contribution in [0.2, 0.25) is 0 Å². The van der Waals surface area contributed by atoms with Gasteiger partial charge in [0.2, 0.25) is 0 Å². The fraction of sp³-hybridized carbons (Fsp3) is 0.333. The number of nitrogens with two attached hydrogens (primary N) is 1. The number of rotatable bonds is 2. The molecule has 1 aromatic rings. The maximum atomic E-state index is 12.2. The SMILES string of the molecule is Cc1cc(C(N)C(F)F)ccc1Br. The molecule has 0 aromatic heterocycles. The van der Waals surface area contributed by atoms with E-state index in [2.05, 4.69) is 15.9 Å². The van der Waals surface area contributed by atoms with E-state index >= 15 is 0 Å². The van der Waals surface area contributed by atoms with Crippen molar-refractivity contribution < 1.29 is 8.78 Å². The number of hydrogen-bond acceptors (Lipinski definition) is 1. The molecule has 0 saturated carbocycles. The molecule has 4 heteroatoms. The Labute approximate surface area is 84.1 Å². The minimum absolute atomic E-state index is 0.468. The second kappa shape index (κ2) is 4.15. The zero-order chi connectivity index (χ0) is 10.0. The Morgan fingerprint density at radius 1 is 1.38 bits per heavy atom. The highest BCUT2D eigenvalue weighted by Crippen LogP contribution is 2.23. The largest absolute Gasteiger partial charge is 0.319 e. The van der Waals surface area contributed by atoms with Crippen LogP contribution in [0.1, 0.15) is 17.2 Å². The number of aryl methyl sites for hydroxylation is 1. The second-order valence-electron chi connectivity index (χ2n) is 2.87. The van der Waals surface area contributed by atoms with Crippen molar-refractivity contribution in [1.29, 1.82) is 0 Å². The maximum Gasteiger partial charge on any atom is 0.257 e. The summed E-state index contributed by atoms with van der Waals surface area (Å²) in [6.07, 6.45) is -2.51. The van der Waals surface area contributed by atoms with Crippen LogP contribution in [0.3, 0.4) is 0 Å². The first-order valence-electron chi connectivity index (χ1n) is 3.82. The molecule has 1 unspecified atom stereocenters. The van der Waals surface area contributed by atoms with Crippen LogP contribution in [-0.4, -0.2) is 6.43 Å². The van der Waals surface area contributed by atoms with E-state index in [0.717, 1.165) is 10.0 Å². The summed E-state index contributed by atoms with van der Waals surface area (Å²) in [5.74, 6) is 0. The van der Waals surface area contributed by atoms with Gasteiger partial charge in [0, 0.05) is 4.47 Å². The Balaban J connectivity index is 2.97. The van der Waals surface area contributed by atoms with Gasteiger partial charge in [-0.1, -0.05) is 28.1 Å². The predicted octanol–water partition coefficient (Wildman–Crippen LogP) is 3.02. The second-order valence-corrected chi connectivity index (χ2v) is 3.72. The third kappa shape index (κ3) is 2.48. The molecule has 1 nitrogen and oxygen atoms in total. The summed E-state index contributed by atoms with van der Waals surface area (Å²) in [5, 5.41) is 0. The summed E-state index contributed by atoms with van der Waals surface area (Å²) in [6.45, 7) is 1.84. The highest BCUT2D eigenvalue weighted by Gasteiger charge is 2.17. The lowest BCUT2D eigenvalue weighted by Gasteiger charge is -2.11. The Kier molecular flexibility index (Phi) is 3.39. The molecule has 0 spiro atoms. The van der Waals surface area contributed by atoms with Gasteiger partial charge >= 0.3 is 0 Å². The highest BCUT2D eigenvalue weighted by atomic mass is 79.9. The van der Waals surface area contributed by atoms with Crippen LogP contribution in [0.5, 0.6) is 0 Å². The quantitative estimate of drug-likeness (QED) is 0.857. The lowest BCUT2D eigenvalue weighted by molar-refractivity contribution is 0.116. The van der Waals surface area contributed by atoms with Gasteiger partial charge in [-0.3, -0.25) is 0 Å². The first-order valence-corrected chi connectivity index (χ1v) is 4.61. The summed E-state index contributed by atoms with van der Waals surface area (Å²) >= 11 is 3.29. The fourth-order valence-corrected chi connectivity index (χ4v) is 1.27. The monoisotopic (exact) mass is 249 g/mol. The first kappa shape index (κ1) is 10.6. The van der Waals surface area contributed by atoms with E-state index in [1.54, 1.807) is 18.2 Å². The maximum absolute atomic E-state index is 12.2. The predicted molar refractivity (Wildman–Crippen MR) is 51.8 cm³/mol. The molecule has 72 valence electrons. The molecule has 0 aliphatic carbocycles. The smallest absolute Gasteiger partial charge is 0.257 e. The van der Waals surface area contributed by atoms with Gasteiger partial charge in [0.25, 0.3) is 6.43 Å². The molecule has 1 atom stereocenters. The van der Waals surface area contributed by atoms with E-state index in [1.165, 1.54) is 0 Å². The Hall–Kier alpha value is -0.480. The average molecular weight is 250 g/mol. The van der Waals surface area contributed by atoms with Crippen molar-refractivity contribution in [2.45, 2.75) is 19.4 Å². The van der Waals surface area contributed by atoms with Gasteiger partial charge in [-0.15, -0.1) is 0 Å². The van der Waals surface area contributed by atoms with Crippen LogP contribution in [0.15, 0.2) is 22.7 Å². The molecule has 0 saturated heterocycles. The van der Waals surface area contributed by atoms with Crippen LogP contribution in [0.25, 0.3) is 0 Å². The lowest BCUT2D eigenvalue weighted by Crippen LogP contribution is -2.18. The van der Waals surface area contributed by atoms with Crippen molar-refractivity contribution in [3.05, 3.63) is 33.8 Å². The van der Waals surface area contributed by atoms with Crippen molar-refractivity contribution in [2.24, 2.45) is 5.73 Å². The first-order chi connectivity index (χ1) is 6.02. The Bertz CT molecular complexity index is 302. The molecule has 1 aromatic carbocycles. The Morgan fingerprint density at radius 3 is 2.46 bits per heavy atom. The van der Waals surface area contributed by atoms with Gasteiger partial charge in [-0.25, -0.2) is 8.78 Å². The van der Waals surface area contributed by atoms with Gasteiger partial charge < -0.3 is 5.73 Å². The highest BCUT2D eigenvalue weighted by molar-refractivity contribution is 9.10. The standard InChI is InChI=1S/C9H10BrF2N/c1-5-4-6(2-3-7(5)10)8(13)9(11)12/h2-4,8-9H,13H2,1H3. The topological polar surface area (TPSA) is 26.0 Å². The average Bonchev–Trinajstić information content (AvgIpc) is 2.08. The number of alkyl halides is 2.